The van der Waals surface area contributed by atoms with E-state index in [1.165, 1.54) is 0 Å². The van der Waals surface area contributed by atoms with Crippen molar-refractivity contribution in [3.8, 4) is 17.1 Å². The van der Waals surface area contributed by atoms with Crippen LogP contribution in [0.5, 0.6) is 5.75 Å². The second-order valence-electron chi connectivity index (χ2n) is 10.6. The monoisotopic (exact) mass is 667 g/mol. The van der Waals surface area contributed by atoms with E-state index in [-0.39, 0.29) is 31.7 Å². The van der Waals surface area contributed by atoms with E-state index >= 15 is 0 Å². The van der Waals surface area contributed by atoms with Gasteiger partial charge < -0.3 is 27.7 Å². The Labute approximate surface area is 266 Å². The first-order valence-electron chi connectivity index (χ1n) is 14.7. The van der Waals surface area contributed by atoms with Crippen molar-refractivity contribution in [2.75, 3.05) is 29.5 Å². The number of benzene rings is 2. The number of anilines is 1. The highest BCUT2D eigenvalue weighted by Gasteiger charge is 2.31. The summed E-state index contributed by atoms with van der Waals surface area (Å²) in [7, 11) is -8.22. The van der Waals surface area contributed by atoms with Gasteiger partial charge in [-0.25, -0.2) is 8.42 Å². The SMILES string of the molecule is CCNOS(=O)(=O)CCCN1C(=Cc2oc3ccc(-n4cccc4)cc3[n+]2CCCS(=O)(=O)[O-])Oc2ccc(-n3cccc3)cc21. The number of nitrogens with one attached hydrogen (secondary N) is 1. The van der Waals surface area contributed by atoms with Gasteiger partial charge in [0.25, 0.3) is 15.6 Å². The number of oxazole rings is 1. The predicted octanol–water partition coefficient (Wildman–Crippen LogP) is 3.70. The molecule has 15 heteroatoms. The largest absolute Gasteiger partial charge is 0.748 e. The van der Waals surface area contributed by atoms with Crippen LogP contribution in [0.4, 0.5) is 5.69 Å². The summed E-state index contributed by atoms with van der Waals surface area (Å²) in [5.41, 5.74) is 6.13. The van der Waals surface area contributed by atoms with Crippen LogP contribution < -0.4 is 19.7 Å². The molecule has 242 valence electrons. The van der Waals surface area contributed by atoms with Gasteiger partial charge in [-0.2, -0.15) is 22.7 Å². The van der Waals surface area contributed by atoms with Gasteiger partial charge in [0, 0.05) is 61.8 Å². The maximum absolute atomic E-state index is 12.4. The van der Waals surface area contributed by atoms with E-state index in [0.29, 0.717) is 35.2 Å². The minimum atomic E-state index is -4.42. The Morgan fingerprint density at radius 3 is 2.26 bits per heavy atom. The van der Waals surface area contributed by atoms with E-state index in [4.69, 9.17) is 13.4 Å². The van der Waals surface area contributed by atoms with Gasteiger partial charge in [0.2, 0.25) is 11.5 Å². The van der Waals surface area contributed by atoms with Crippen molar-refractivity contribution in [3.63, 3.8) is 0 Å². The summed E-state index contributed by atoms with van der Waals surface area (Å²) in [4.78, 5) is 1.87. The second kappa shape index (κ2) is 13.1. The Morgan fingerprint density at radius 2 is 1.59 bits per heavy atom. The average Bonchev–Trinajstić information content (AvgIpc) is 3.83. The molecule has 1 aliphatic rings. The van der Waals surface area contributed by atoms with Crippen LogP contribution in [0.25, 0.3) is 28.6 Å². The zero-order valence-electron chi connectivity index (χ0n) is 25.0. The van der Waals surface area contributed by atoms with Crippen molar-refractivity contribution in [1.82, 2.24) is 14.6 Å². The number of aryl methyl sites for hydroxylation is 1. The molecular formula is C31H33N5O8S2. The third kappa shape index (κ3) is 7.18. The predicted molar refractivity (Wildman–Crippen MR) is 170 cm³/mol. The molecule has 0 atom stereocenters. The first-order chi connectivity index (χ1) is 22.1. The second-order valence-corrected chi connectivity index (χ2v) is 13.8. The molecule has 13 nitrogen and oxygen atoms in total. The zero-order chi connectivity index (χ0) is 32.3. The van der Waals surface area contributed by atoms with Crippen molar-refractivity contribution < 1.29 is 39.4 Å². The number of ether oxygens (including phenoxy) is 1. The number of nitrogens with zero attached hydrogens (tertiary/aromatic N) is 4. The van der Waals surface area contributed by atoms with E-state index < -0.39 is 26.0 Å². The van der Waals surface area contributed by atoms with E-state index in [1.807, 2.05) is 104 Å². The Kier molecular flexibility index (Phi) is 9.02. The van der Waals surface area contributed by atoms with E-state index in [9.17, 15) is 21.4 Å². The van der Waals surface area contributed by atoms with Gasteiger partial charge in [-0.15, -0.1) is 0 Å². The van der Waals surface area contributed by atoms with Gasteiger partial charge in [0.1, 0.15) is 6.08 Å². The number of fused-ring (bicyclic) bond motifs is 2. The average molecular weight is 668 g/mol. The highest BCUT2D eigenvalue weighted by molar-refractivity contribution is 7.86. The first kappa shape index (κ1) is 31.6. The Morgan fingerprint density at radius 1 is 0.913 bits per heavy atom. The van der Waals surface area contributed by atoms with Gasteiger partial charge in [0.05, 0.1) is 27.2 Å². The lowest BCUT2D eigenvalue weighted by Crippen LogP contribution is -2.37. The first-order valence-corrected chi connectivity index (χ1v) is 17.9. The molecule has 0 fully saturated rings. The third-order valence-electron chi connectivity index (χ3n) is 7.36. The smallest absolute Gasteiger partial charge is 0.379 e. The molecule has 0 unspecified atom stereocenters. The minimum absolute atomic E-state index is 0.0732. The van der Waals surface area contributed by atoms with Crippen molar-refractivity contribution in [1.29, 1.82) is 0 Å². The van der Waals surface area contributed by atoms with Gasteiger partial charge in [0.15, 0.2) is 12.3 Å². The van der Waals surface area contributed by atoms with E-state index in [1.54, 1.807) is 13.0 Å². The van der Waals surface area contributed by atoms with Crippen LogP contribution >= 0.6 is 0 Å². The van der Waals surface area contributed by atoms with Crippen LogP contribution in [-0.4, -0.2) is 55.1 Å². The molecule has 0 saturated carbocycles. The third-order valence-corrected chi connectivity index (χ3v) is 9.31. The minimum Gasteiger partial charge on any atom is -0.748 e. The fourth-order valence-electron chi connectivity index (χ4n) is 5.28. The van der Waals surface area contributed by atoms with Crippen LogP contribution in [0.2, 0.25) is 0 Å². The summed E-state index contributed by atoms with van der Waals surface area (Å²) in [6, 6.07) is 19.0. The molecule has 0 saturated heterocycles. The van der Waals surface area contributed by atoms with Crippen LogP contribution in [0.15, 0.2) is 95.8 Å². The molecule has 5 aromatic rings. The van der Waals surface area contributed by atoms with Gasteiger partial charge in [-0.1, -0.05) is 6.92 Å². The number of hydrogen-bond acceptors (Lipinski definition) is 10. The zero-order valence-corrected chi connectivity index (χ0v) is 26.6. The van der Waals surface area contributed by atoms with Gasteiger partial charge in [-0.3, -0.25) is 0 Å². The topological polar surface area (TPSA) is 152 Å². The van der Waals surface area contributed by atoms with Crippen LogP contribution in [0, 0.1) is 0 Å². The number of hydroxylamine groups is 1. The molecule has 4 heterocycles. The fourth-order valence-corrected chi connectivity index (χ4v) is 6.63. The number of hydrogen-bond donors (Lipinski definition) is 1. The fraction of sp³-hybridized carbons (Fsp3) is 0.258. The molecule has 3 aromatic heterocycles. The molecule has 1 aliphatic heterocycles. The summed E-state index contributed by atoms with van der Waals surface area (Å²) in [6.45, 7) is 2.54. The standard InChI is InChI=1S/C31H33N5O8S2/c1-2-32-44-46(40,41)20-8-18-36-27-22-25(34-15-5-6-16-34)10-12-29(27)43-31(36)23-30-35(17-7-19-45(37,38)39)26-21-24(9-11-28(26)42-30)33-13-3-4-14-33/h3-6,9-16,21-23,32H,2,7-8,17-20H2,1H3. The highest BCUT2D eigenvalue weighted by Crippen LogP contribution is 2.41. The van der Waals surface area contributed by atoms with Crippen molar-refractivity contribution in [2.24, 2.45) is 0 Å². The molecule has 0 spiro atoms. The lowest BCUT2D eigenvalue weighted by molar-refractivity contribution is -0.677. The van der Waals surface area contributed by atoms with Crippen molar-refractivity contribution in [3.05, 3.63) is 97.2 Å². The van der Waals surface area contributed by atoms with E-state index in [2.05, 4.69) is 5.48 Å². The van der Waals surface area contributed by atoms with Gasteiger partial charge >= 0.3 is 5.89 Å². The lowest BCUT2D eigenvalue weighted by atomic mass is 10.2. The molecule has 1 N–H and O–H groups in total. The summed E-state index contributed by atoms with van der Waals surface area (Å²) in [5.74, 6) is 0.569. The quantitative estimate of drug-likeness (QED) is 0.105. The molecule has 0 aliphatic carbocycles. The maximum Gasteiger partial charge on any atom is 0.379 e. The van der Waals surface area contributed by atoms with E-state index in [0.717, 1.165) is 17.1 Å². The van der Waals surface area contributed by atoms with Crippen LogP contribution in [0.3, 0.4) is 0 Å². The molecule has 2 aromatic carbocycles. The summed E-state index contributed by atoms with van der Waals surface area (Å²) in [5, 5.41) is 0. The van der Waals surface area contributed by atoms with Crippen LogP contribution in [-0.2, 0) is 31.1 Å². The summed E-state index contributed by atoms with van der Waals surface area (Å²) < 4.78 is 82.1. The summed E-state index contributed by atoms with van der Waals surface area (Å²) in [6.07, 6.45) is 9.65. The normalized spacial score (nSPS) is 14.3. The highest BCUT2D eigenvalue weighted by atomic mass is 32.2. The Hall–Kier alpha value is -4.41. The molecular weight excluding hydrogens is 635 g/mol. The molecule has 0 radical (unpaired) electrons. The number of aromatic nitrogens is 3. The molecule has 6 rings (SSSR count). The molecule has 0 bridgehead atoms. The Bertz CT molecular complexity index is 2070. The molecule has 0 amide bonds. The van der Waals surface area contributed by atoms with Gasteiger partial charge in [-0.05, 0) is 61.0 Å². The molecule has 46 heavy (non-hydrogen) atoms. The van der Waals surface area contributed by atoms with Crippen molar-refractivity contribution >= 4 is 43.1 Å². The Balaban J connectivity index is 1.38. The number of rotatable bonds is 14. The maximum atomic E-state index is 12.4. The van der Waals surface area contributed by atoms with Crippen LogP contribution in [0.1, 0.15) is 25.7 Å². The summed E-state index contributed by atoms with van der Waals surface area (Å²) >= 11 is 0. The lowest BCUT2D eigenvalue weighted by Gasteiger charge is -2.18. The van der Waals surface area contributed by atoms with Crippen molar-refractivity contribution in [2.45, 2.75) is 26.3 Å².